The van der Waals surface area contributed by atoms with Crippen LogP contribution in [0.2, 0.25) is 0 Å². The third kappa shape index (κ3) is 5.86. The van der Waals surface area contributed by atoms with Crippen LogP contribution in [0.4, 0.5) is 18.0 Å². The van der Waals surface area contributed by atoms with E-state index in [-0.39, 0.29) is 18.3 Å². The van der Waals surface area contributed by atoms with Crippen LogP contribution < -0.4 is 9.47 Å². The summed E-state index contributed by atoms with van der Waals surface area (Å²) in [6.45, 7) is 9.92. The quantitative estimate of drug-likeness (QED) is 0.764. The molecule has 2 rings (SSSR count). The Bertz CT molecular complexity index is 661. The molecule has 1 fully saturated rings. The molecule has 1 saturated heterocycles. The van der Waals surface area contributed by atoms with Gasteiger partial charge in [-0.15, -0.1) is 13.2 Å². The maximum absolute atomic E-state index is 12.5. The molecule has 8 heteroatoms. The molecule has 0 saturated carbocycles. The van der Waals surface area contributed by atoms with E-state index in [0.717, 1.165) is 0 Å². The van der Waals surface area contributed by atoms with Crippen LogP contribution in [-0.2, 0) is 4.74 Å². The molecule has 0 radical (unpaired) electrons. The van der Waals surface area contributed by atoms with E-state index in [1.165, 1.54) is 29.2 Å². The van der Waals surface area contributed by atoms with Gasteiger partial charge in [0.1, 0.15) is 5.60 Å². The second kappa shape index (κ2) is 7.47. The summed E-state index contributed by atoms with van der Waals surface area (Å²) < 4.78 is 52.2. The Morgan fingerprint density at radius 2 is 1.92 bits per heavy atom. The Morgan fingerprint density at radius 3 is 2.46 bits per heavy atom. The largest absolute Gasteiger partial charge is 0.573 e. The van der Waals surface area contributed by atoms with Crippen molar-refractivity contribution >= 4 is 12.2 Å². The van der Waals surface area contributed by atoms with Crippen molar-refractivity contribution in [3.63, 3.8) is 0 Å². The van der Waals surface area contributed by atoms with Crippen molar-refractivity contribution in [2.45, 2.75) is 32.7 Å². The van der Waals surface area contributed by atoms with E-state index >= 15 is 0 Å². The van der Waals surface area contributed by atoms with Gasteiger partial charge in [0, 0.05) is 19.0 Å². The van der Waals surface area contributed by atoms with Gasteiger partial charge in [0.05, 0.1) is 6.61 Å². The summed E-state index contributed by atoms with van der Waals surface area (Å²) in [6, 6.07) is 4.07. The summed E-state index contributed by atoms with van der Waals surface area (Å²) in [5.41, 5.74) is 0.0340. The van der Waals surface area contributed by atoms with Crippen LogP contribution in [0.15, 0.2) is 24.8 Å². The van der Waals surface area contributed by atoms with Gasteiger partial charge in [0.15, 0.2) is 11.5 Å². The van der Waals surface area contributed by atoms with E-state index in [1.54, 1.807) is 20.8 Å². The highest BCUT2D eigenvalue weighted by Gasteiger charge is 2.35. The number of amides is 1. The molecule has 0 atom stereocenters. The zero-order chi connectivity index (χ0) is 19.5. The van der Waals surface area contributed by atoms with Crippen molar-refractivity contribution in [1.29, 1.82) is 0 Å². The van der Waals surface area contributed by atoms with Crippen molar-refractivity contribution in [3.8, 4) is 11.5 Å². The van der Waals surface area contributed by atoms with Crippen LogP contribution in [0.5, 0.6) is 11.5 Å². The summed E-state index contributed by atoms with van der Waals surface area (Å²) >= 11 is 0. The third-order valence-corrected chi connectivity index (χ3v) is 3.51. The molecular weight excluding hydrogens is 351 g/mol. The molecule has 0 spiro atoms. The molecule has 1 aliphatic rings. The third-order valence-electron chi connectivity index (χ3n) is 3.51. The molecule has 26 heavy (non-hydrogen) atoms. The van der Waals surface area contributed by atoms with Gasteiger partial charge in [-0.2, -0.15) is 0 Å². The smallest absolute Gasteiger partial charge is 0.489 e. The SMILES string of the molecule is C=Cc1ccc(OC(F)(F)F)c(OCC2CN(C(=O)OC(C)(C)C)C2)c1. The topological polar surface area (TPSA) is 48.0 Å². The molecule has 0 N–H and O–H groups in total. The normalized spacial score (nSPS) is 15.2. The van der Waals surface area contributed by atoms with Gasteiger partial charge in [0.25, 0.3) is 0 Å². The average Bonchev–Trinajstić information content (AvgIpc) is 2.43. The lowest BCUT2D eigenvalue weighted by Crippen LogP contribution is -2.53. The maximum atomic E-state index is 12.5. The number of carbonyl (C=O) groups is 1. The lowest BCUT2D eigenvalue weighted by Gasteiger charge is -2.39. The van der Waals surface area contributed by atoms with E-state index in [2.05, 4.69) is 11.3 Å². The monoisotopic (exact) mass is 373 g/mol. The fourth-order valence-corrected chi connectivity index (χ4v) is 2.33. The van der Waals surface area contributed by atoms with Crippen LogP contribution in [0, 0.1) is 5.92 Å². The lowest BCUT2D eigenvalue weighted by molar-refractivity contribution is -0.275. The number of halogens is 3. The number of carbonyl (C=O) groups excluding carboxylic acids is 1. The fourth-order valence-electron chi connectivity index (χ4n) is 2.33. The molecule has 1 aromatic carbocycles. The lowest BCUT2D eigenvalue weighted by atomic mass is 10.0. The van der Waals surface area contributed by atoms with E-state index < -0.39 is 23.8 Å². The number of hydrogen-bond donors (Lipinski definition) is 0. The number of ether oxygens (including phenoxy) is 3. The molecule has 5 nitrogen and oxygen atoms in total. The zero-order valence-electron chi connectivity index (χ0n) is 14.9. The van der Waals surface area contributed by atoms with E-state index in [1.807, 2.05) is 0 Å². The summed E-state index contributed by atoms with van der Waals surface area (Å²) in [4.78, 5) is 13.4. The van der Waals surface area contributed by atoms with Crippen molar-refractivity contribution in [1.82, 2.24) is 4.90 Å². The van der Waals surface area contributed by atoms with Gasteiger partial charge >= 0.3 is 12.5 Å². The minimum absolute atomic E-state index is 0.00800. The molecule has 1 amide bonds. The predicted octanol–water partition coefficient (Wildman–Crippen LogP) is 4.47. The van der Waals surface area contributed by atoms with Crippen LogP contribution in [0.3, 0.4) is 0 Å². The molecule has 144 valence electrons. The highest BCUT2D eigenvalue weighted by Crippen LogP contribution is 2.34. The molecule has 0 bridgehead atoms. The van der Waals surface area contributed by atoms with Gasteiger partial charge in [0.2, 0.25) is 0 Å². The fraction of sp³-hybridized carbons (Fsp3) is 0.500. The molecular formula is C18H22F3NO4. The molecule has 0 aromatic heterocycles. The maximum Gasteiger partial charge on any atom is 0.573 e. The summed E-state index contributed by atoms with van der Waals surface area (Å²) in [7, 11) is 0. The average molecular weight is 373 g/mol. The first kappa shape index (κ1) is 19.9. The Kier molecular flexibility index (Phi) is 5.73. The Balaban J connectivity index is 1.92. The first-order valence-electron chi connectivity index (χ1n) is 8.10. The van der Waals surface area contributed by atoms with Crippen LogP contribution >= 0.6 is 0 Å². The van der Waals surface area contributed by atoms with E-state index in [9.17, 15) is 18.0 Å². The zero-order valence-corrected chi connectivity index (χ0v) is 14.9. The van der Waals surface area contributed by atoms with Crippen LogP contribution in [0.1, 0.15) is 26.3 Å². The number of hydrogen-bond acceptors (Lipinski definition) is 4. The first-order valence-corrected chi connectivity index (χ1v) is 8.10. The van der Waals surface area contributed by atoms with Gasteiger partial charge < -0.3 is 19.1 Å². The second-order valence-corrected chi connectivity index (χ2v) is 7.02. The first-order chi connectivity index (χ1) is 12.0. The molecule has 0 unspecified atom stereocenters. The minimum Gasteiger partial charge on any atom is -0.489 e. The Morgan fingerprint density at radius 1 is 1.27 bits per heavy atom. The van der Waals surface area contributed by atoms with Gasteiger partial charge in [-0.25, -0.2) is 4.79 Å². The van der Waals surface area contributed by atoms with Gasteiger partial charge in [-0.05, 0) is 38.5 Å². The number of alkyl halides is 3. The molecule has 1 aliphatic heterocycles. The number of nitrogens with zero attached hydrogens (tertiary/aromatic N) is 1. The second-order valence-electron chi connectivity index (χ2n) is 7.02. The Labute approximate surface area is 150 Å². The van der Waals surface area contributed by atoms with Crippen LogP contribution in [0.25, 0.3) is 6.08 Å². The van der Waals surface area contributed by atoms with Crippen molar-refractivity contribution in [3.05, 3.63) is 30.3 Å². The summed E-state index contributed by atoms with van der Waals surface area (Å²) in [5, 5.41) is 0. The summed E-state index contributed by atoms with van der Waals surface area (Å²) in [5.74, 6) is -0.421. The van der Waals surface area contributed by atoms with E-state index in [4.69, 9.17) is 9.47 Å². The molecule has 0 aliphatic carbocycles. The highest BCUT2D eigenvalue weighted by atomic mass is 19.4. The minimum atomic E-state index is -4.81. The standard InChI is InChI=1S/C18H22F3NO4/c1-5-12-6-7-14(25-18(19,20)21)15(8-12)24-11-13-9-22(10-13)16(23)26-17(2,3)4/h5-8,13H,1,9-11H2,2-4H3. The molecule has 1 aromatic rings. The van der Waals surface area contributed by atoms with Crippen LogP contribution in [-0.4, -0.2) is 42.7 Å². The number of benzene rings is 1. The van der Waals surface area contributed by atoms with Gasteiger partial charge in [-0.3, -0.25) is 0 Å². The molecule has 1 heterocycles. The van der Waals surface area contributed by atoms with Crippen molar-refractivity contribution < 1.29 is 32.2 Å². The summed E-state index contributed by atoms with van der Waals surface area (Å²) in [6.07, 6.45) is -3.72. The van der Waals surface area contributed by atoms with Crippen molar-refractivity contribution in [2.75, 3.05) is 19.7 Å². The van der Waals surface area contributed by atoms with E-state index in [0.29, 0.717) is 18.7 Å². The number of likely N-dealkylation sites (tertiary alicyclic amines) is 1. The highest BCUT2D eigenvalue weighted by molar-refractivity contribution is 5.69. The van der Waals surface area contributed by atoms with Crippen molar-refractivity contribution in [2.24, 2.45) is 5.92 Å². The predicted molar refractivity (Wildman–Crippen MR) is 90.0 cm³/mol. The number of rotatable bonds is 5. The van der Waals surface area contributed by atoms with Gasteiger partial charge in [-0.1, -0.05) is 18.7 Å². The Hall–Kier alpha value is -2.38.